The van der Waals surface area contributed by atoms with Gasteiger partial charge in [0, 0.05) is 27.1 Å². The third-order valence-corrected chi connectivity index (χ3v) is 4.14. The zero-order valence-electron chi connectivity index (χ0n) is 10.4. The van der Waals surface area contributed by atoms with Crippen LogP contribution in [-0.2, 0) is 13.0 Å². The van der Waals surface area contributed by atoms with Gasteiger partial charge in [0.25, 0.3) is 0 Å². The van der Waals surface area contributed by atoms with E-state index in [2.05, 4.69) is 37.9 Å². The van der Waals surface area contributed by atoms with E-state index in [0.29, 0.717) is 13.2 Å². The van der Waals surface area contributed by atoms with E-state index in [0.717, 1.165) is 32.2 Å². The van der Waals surface area contributed by atoms with Crippen LogP contribution in [-0.4, -0.2) is 22.2 Å². The fourth-order valence-corrected chi connectivity index (χ4v) is 3.45. The van der Waals surface area contributed by atoms with Crippen molar-refractivity contribution in [2.75, 3.05) is 6.61 Å². The van der Waals surface area contributed by atoms with Gasteiger partial charge in [-0.2, -0.15) is 0 Å². The highest BCUT2D eigenvalue weighted by Crippen LogP contribution is 2.34. The van der Waals surface area contributed by atoms with Gasteiger partial charge in [-0.05, 0) is 39.7 Å². The summed E-state index contributed by atoms with van der Waals surface area (Å²) >= 11 is 6.81. The number of carboxylic acids is 1. The Morgan fingerprint density at radius 2 is 2.10 bits per heavy atom. The highest BCUT2D eigenvalue weighted by Gasteiger charge is 2.19. The van der Waals surface area contributed by atoms with Crippen LogP contribution in [0.4, 0.5) is 0 Å². The van der Waals surface area contributed by atoms with E-state index in [9.17, 15) is 9.90 Å². The van der Waals surface area contributed by atoms with Crippen LogP contribution in [0.15, 0.2) is 33.3 Å². The summed E-state index contributed by atoms with van der Waals surface area (Å²) in [5.74, 6) is -0.0578. The fourth-order valence-electron chi connectivity index (χ4n) is 2.43. The summed E-state index contributed by atoms with van der Waals surface area (Å²) in [5, 5.41) is 9.22. The van der Waals surface area contributed by atoms with E-state index in [-0.39, 0.29) is 5.69 Å². The second kappa shape index (κ2) is 5.26. The Labute approximate surface area is 132 Å². The van der Waals surface area contributed by atoms with Crippen LogP contribution in [0.3, 0.4) is 0 Å². The molecule has 20 heavy (non-hydrogen) atoms. The summed E-state index contributed by atoms with van der Waals surface area (Å²) in [5.41, 5.74) is 2.40. The number of hydrogen-bond donors (Lipinski definition) is 1. The molecular weight excluding hydrogens is 390 g/mol. The molecule has 1 aliphatic rings. The predicted octanol–water partition coefficient (Wildman–Crippen LogP) is 3.69. The molecule has 104 valence electrons. The number of aromatic nitrogens is 1. The van der Waals surface area contributed by atoms with Crippen molar-refractivity contribution in [1.29, 1.82) is 0 Å². The first kappa shape index (κ1) is 13.7. The predicted molar refractivity (Wildman–Crippen MR) is 81.5 cm³/mol. The molecule has 4 nitrogen and oxygen atoms in total. The molecule has 0 radical (unpaired) electrons. The molecule has 0 spiro atoms. The molecule has 2 heterocycles. The van der Waals surface area contributed by atoms with Crippen molar-refractivity contribution in [1.82, 2.24) is 4.57 Å². The maximum atomic E-state index is 11.2. The van der Waals surface area contributed by atoms with Crippen molar-refractivity contribution in [2.24, 2.45) is 0 Å². The van der Waals surface area contributed by atoms with E-state index in [1.165, 1.54) is 0 Å². The molecule has 0 bridgehead atoms. The summed E-state index contributed by atoms with van der Waals surface area (Å²) in [6.45, 7) is 1.15. The number of carbonyl (C=O) groups is 1. The van der Waals surface area contributed by atoms with Crippen LogP contribution >= 0.6 is 31.9 Å². The number of ether oxygens (including phenoxy) is 1. The van der Waals surface area contributed by atoms with E-state index in [1.54, 1.807) is 16.8 Å². The molecule has 0 unspecified atom stereocenters. The number of fused-ring (bicyclic) bond motifs is 1. The van der Waals surface area contributed by atoms with E-state index >= 15 is 0 Å². The van der Waals surface area contributed by atoms with Crippen molar-refractivity contribution in [3.05, 3.63) is 50.2 Å². The Balaban J connectivity index is 2.02. The van der Waals surface area contributed by atoms with Gasteiger partial charge < -0.3 is 14.4 Å². The largest absolute Gasteiger partial charge is 0.493 e. The third-order valence-electron chi connectivity index (χ3n) is 3.25. The quantitative estimate of drug-likeness (QED) is 0.854. The summed E-state index contributed by atoms with van der Waals surface area (Å²) in [4.78, 5) is 11.2. The fraction of sp³-hybridized carbons (Fsp3) is 0.214. The van der Waals surface area contributed by atoms with Gasteiger partial charge in [0.05, 0.1) is 13.2 Å². The SMILES string of the molecule is O=C(O)c1cc(Br)cn1Cc1cc(Br)cc2c1OCC2. The van der Waals surface area contributed by atoms with Crippen molar-refractivity contribution in [3.63, 3.8) is 0 Å². The minimum absolute atomic E-state index is 0.253. The normalized spacial score (nSPS) is 13.1. The van der Waals surface area contributed by atoms with E-state index in [4.69, 9.17) is 4.74 Å². The average Bonchev–Trinajstić information content (AvgIpc) is 2.95. The van der Waals surface area contributed by atoms with Crippen molar-refractivity contribution >= 4 is 37.8 Å². The molecule has 0 atom stereocenters. The second-order valence-electron chi connectivity index (χ2n) is 4.63. The van der Waals surface area contributed by atoms with Gasteiger partial charge in [-0.3, -0.25) is 0 Å². The monoisotopic (exact) mass is 399 g/mol. The standard InChI is InChI=1S/C14H11Br2NO3/c15-10-3-8-1-2-20-13(8)9(4-10)6-17-7-11(16)5-12(17)14(18)19/h3-5,7H,1-2,6H2,(H,18,19). The molecule has 0 aliphatic carbocycles. The lowest BCUT2D eigenvalue weighted by Crippen LogP contribution is -2.09. The molecule has 2 aromatic rings. The molecule has 6 heteroatoms. The Bertz CT molecular complexity index is 694. The molecule has 1 aromatic carbocycles. The van der Waals surface area contributed by atoms with Crippen molar-refractivity contribution in [2.45, 2.75) is 13.0 Å². The lowest BCUT2D eigenvalue weighted by molar-refractivity contribution is 0.0685. The van der Waals surface area contributed by atoms with Gasteiger partial charge >= 0.3 is 5.97 Å². The first-order valence-corrected chi connectivity index (χ1v) is 7.66. The first-order valence-electron chi connectivity index (χ1n) is 6.07. The first-order chi connectivity index (χ1) is 9.54. The maximum absolute atomic E-state index is 11.2. The number of rotatable bonds is 3. The number of aromatic carboxylic acids is 1. The molecule has 3 rings (SSSR count). The summed E-state index contributed by atoms with van der Waals surface area (Å²) in [6.07, 6.45) is 2.66. The summed E-state index contributed by atoms with van der Waals surface area (Å²) in [6, 6.07) is 5.63. The van der Waals surface area contributed by atoms with Crippen molar-refractivity contribution < 1.29 is 14.6 Å². The average molecular weight is 401 g/mol. The summed E-state index contributed by atoms with van der Waals surface area (Å²) in [7, 11) is 0. The third kappa shape index (κ3) is 2.50. The molecule has 1 aliphatic heterocycles. The zero-order chi connectivity index (χ0) is 14.3. The van der Waals surface area contributed by atoms with Crippen LogP contribution in [0.2, 0.25) is 0 Å². The highest BCUT2D eigenvalue weighted by molar-refractivity contribution is 9.10. The van der Waals surface area contributed by atoms with Crippen LogP contribution in [0.1, 0.15) is 21.6 Å². The van der Waals surface area contributed by atoms with Gasteiger partial charge in [0.2, 0.25) is 0 Å². The Hall–Kier alpha value is -1.27. The molecule has 1 aromatic heterocycles. The zero-order valence-corrected chi connectivity index (χ0v) is 13.6. The van der Waals surface area contributed by atoms with Crippen LogP contribution in [0, 0.1) is 0 Å². The number of carboxylic acid groups (broad SMARTS) is 1. The van der Waals surface area contributed by atoms with Gasteiger partial charge in [-0.1, -0.05) is 15.9 Å². The van der Waals surface area contributed by atoms with Crippen LogP contribution < -0.4 is 4.74 Å². The second-order valence-corrected chi connectivity index (χ2v) is 6.46. The van der Waals surface area contributed by atoms with Gasteiger partial charge in [0.1, 0.15) is 11.4 Å². The minimum Gasteiger partial charge on any atom is -0.493 e. The topological polar surface area (TPSA) is 51.5 Å². The number of hydrogen-bond acceptors (Lipinski definition) is 2. The Morgan fingerprint density at radius 3 is 2.85 bits per heavy atom. The van der Waals surface area contributed by atoms with E-state index in [1.807, 2.05) is 6.07 Å². The Morgan fingerprint density at radius 1 is 1.30 bits per heavy atom. The molecule has 0 saturated heterocycles. The number of nitrogens with zero attached hydrogens (tertiary/aromatic N) is 1. The number of benzene rings is 1. The van der Waals surface area contributed by atoms with Gasteiger partial charge in [-0.15, -0.1) is 0 Å². The molecule has 0 saturated carbocycles. The molecule has 0 fully saturated rings. The molecule has 0 amide bonds. The van der Waals surface area contributed by atoms with Gasteiger partial charge in [-0.25, -0.2) is 4.79 Å². The lowest BCUT2D eigenvalue weighted by Gasteiger charge is -2.11. The van der Waals surface area contributed by atoms with E-state index < -0.39 is 5.97 Å². The highest BCUT2D eigenvalue weighted by atomic mass is 79.9. The van der Waals surface area contributed by atoms with Crippen LogP contribution in [0.5, 0.6) is 5.75 Å². The molecule has 1 N–H and O–H groups in total. The molecular formula is C14H11Br2NO3. The lowest BCUT2D eigenvalue weighted by atomic mass is 10.1. The number of halogens is 2. The maximum Gasteiger partial charge on any atom is 0.352 e. The van der Waals surface area contributed by atoms with Gasteiger partial charge in [0.15, 0.2) is 0 Å². The van der Waals surface area contributed by atoms with Crippen molar-refractivity contribution in [3.8, 4) is 5.75 Å². The summed E-state index contributed by atoms with van der Waals surface area (Å²) < 4.78 is 9.11. The smallest absolute Gasteiger partial charge is 0.352 e. The minimum atomic E-state index is -0.941. The van der Waals surface area contributed by atoms with Crippen LogP contribution in [0.25, 0.3) is 0 Å². The Kier molecular flexibility index (Phi) is 3.60.